The molecule has 0 spiro atoms. The van der Waals surface area contributed by atoms with E-state index in [1.165, 1.54) is 0 Å². The van der Waals surface area contributed by atoms with Crippen LogP contribution in [0.3, 0.4) is 0 Å². The van der Waals surface area contributed by atoms with E-state index in [0.717, 1.165) is 16.7 Å². The summed E-state index contributed by atoms with van der Waals surface area (Å²) >= 11 is 0. The number of rotatable bonds is 5. The molecular weight excluding hydrogens is 280 g/mol. The maximum Gasteiger partial charge on any atom is 0.309 e. The number of nitrogens with zero attached hydrogens (tertiary/aromatic N) is 1. The molecule has 4 N–H and O–H groups in total. The zero-order chi connectivity index (χ0) is 15.8. The predicted molar refractivity (Wildman–Crippen MR) is 82.3 cm³/mol. The van der Waals surface area contributed by atoms with Gasteiger partial charge in [0.2, 0.25) is 0 Å². The van der Waals surface area contributed by atoms with Crippen molar-refractivity contribution < 1.29 is 9.59 Å². The third kappa shape index (κ3) is 4.68. The van der Waals surface area contributed by atoms with Crippen molar-refractivity contribution in [2.75, 3.05) is 0 Å². The van der Waals surface area contributed by atoms with Gasteiger partial charge >= 0.3 is 11.8 Å². The lowest BCUT2D eigenvalue weighted by Gasteiger charge is -2.07. The van der Waals surface area contributed by atoms with Crippen LogP contribution in [0.2, 0.25) is 0 Å². The maximum atomic E-state index is 11.7. The first-order valence-corrected chi connectivity index (χ1v) is 6.92. The van der Waals surface area contributed by atoms with Crippen molar-refractivity contribution in [1.82, 2.24) is 15.6 Å². The number of hydrogen-bond acceptors (Lipinski definition) is 4. The molecule has 0 saturated carbocycles. The summed E-state index contributed by atoms with van der Waals surface area (Å²) in [5.74, 6) is -1.32. The lowest BCUT2D eigenvalue weighted by atomic mass is 10.1. The Hall–Kier alpha value is -2.73. The van der Waals surface area contributed by atoms with Crippen molar-refractivity contribution in [3.63, 3.8) is 0 Å². The highest BCUT2D eigenvalue weighted by Crippen LogP contribution is 2.04. The number of carbonyl (C=O) groups excluding carboxylic acids is 2. The van der Waals surface area contributed by atoms with Crippen LogP contribution in [-0.2, 0) is 29.2 Å². The molecule has 0 unspecified atom stereocenters. The van der Waals surface area contributed by atoms with Gasteiger partial charge in [-0.2, -0.15) is 0 Å². The van der Waals surface area contributed by atoms with Crippen molar-refractivity contribution in [3.8, 4) is 0 Å². The first-order chi connectivity index (χ1) is 10.7. The van der Waals surface area contributed by atoms with Crippen LogP contribution in [0, 0.1) is 0 Å². The Morgan fingerprint density at radius 3 is 2.14 bits per heavy atom. The number of benzene rings is 1. The quantitative estimate of drug-likeness (QED) is 0.699. The Bertz CT molecular complexity index is 644. The summed E-state index contributed by atoms with van der Waals surface area (Å²) in [6.45, 7) is 1.01. The third-order valence-corrected chi connectivity index (χ3v) is 3.09. The average Bonchev–Trinajstić information content (AvgIpc) is 2.58. The first kappa shape index (κ1) is 15.7. The van der Waals surface area contributed by atoms with Gasteiger partial charge in [-0.1, -0.05) is 24.3 Å². The van der Waals surface area contributed by atoms with Crippen LogP contribution in [0.15, 0.2) is 48.8 Å². The summed E-state index contributed by atoms with van der Waals surface area (Å²) in [5.41, 5.74) is 8.32. The van der Waals surface area contributed by atoms with Crippen LogP contribution < -0.4 is 16.4 Å². The zero-order valence-corrected chi connectivity index (χ0v) is 12.1. The van der Waals surface area contributed by atoms with Crippen molar-refractivity contribution in [2.24, 2.45) is 5.73 Å². The predicted octanol–water partition coefficient (Wildman–Crippen LogP) is 0.473. The highest BCUT2D eigenvalue weighted by atomic mass is 16.2. The fourth-order valence-corrected chi connectivity index (χ4v) is 1.89. The minimum atomic E-state index is -0.660. The molecule has 0 fully saturated rings. The molecule has 0 atom stereocenters. The van der Waals surface area contributed by atoms with E-state index in [-0.39, 0.29) is 13.1 Å². The monoisotopic (exact) mass is 298 g/mol. The summed E-state index contributed by atoms with van der Waals surface area (Å²) in [5, 5.41) is 5.14. The van der Waals surface area contributed by atoms with Gasteiger partial charge in [0.25, 0.3) is 0 Å². The second-order valence-electron chi connectivity index (χ2n) is 4.74. The Balaban J connectivity index is 1.80. The molecule has 1 aromatic heterocycles. The number of amides is 2. The molecule has 1 heterocycles. The fraction of sp³-hybridized carbons (Fsp3) is 0.188. The van der Waals surface area contributed by atoms with E-state index in [9.17, 15) is 9.59 Å². The number of hydrogen-bond donors (Lipinski definition) is 3. The van der Waals surface area contributed by atoms with Crippen molar-refractivity contribution in [2.45, 2.75) is 19.6 Å². The molecule has 0 aliphatic rings. The standard InChI is InChI=1S/C16H18N4O2/c17-9-13-2-1-3-14(8-13)11-20-16(22)15(21)19-10-12-4-6-18-7-5-12/h1-8H,9-11,17H2,(H,19,21)(H,20,22). The molecule has 2 aromatic rings. The van der Waals surface area contributed by atoms with Gasteiger partial charge in [0.15, 0.2) is 0 Å². The number of aromatic nitrogens is 1. The molecule has 2 rings (SSSR count). The SMILES string of the molecule is NCc1cccc(CNC(=O)C(=O)NCc2ccncc2)c1. The Morgan fingerprint density at radius 2 is 1.50 bits per heavy atom. The summed E-state index contributed by atoms with van der Waals surface area (Å²) in [4.78, 5) is 27.3. The normalized spacial score (nSPS) is 10.0. The van der Waals surface area contributed by atoms with E-state index in [4.69, 9.17) is 5.73 Å². The zero-order valence-electron chi connectivity index (χ0n) is 12.1. The number of nitrogens with two attached hydrogens (primary N) is 1. The topological polar surface area (TPSA) is 97.1 Å². The van der Waals surface area contributed by atoms with Crippen molar-refractivity contribution in [1.29, 1.82) is 0 Å². The highest BCUT2D eigenvalue weighted by molar-refractivity contribution is 6.35. The Labute approximate surface area is 128 Å². The maximum absolute atomic E-state index is 11.7. The van der Waals surface area contributed by atoms with Crippen LogP contribution in [0.5, 0.6) is 0 Å². The molecule has 6 nitrogen and oxygen atoms in total. The molecule has 0 aliphatic heterocycles. The molecule has 0 radical (unpaired) electrons. The van der Waals surface area contributed by atoms with Gasteiger partial charge in [-0.15, -0.1) is 0 Å². The smallest absolute Gasteiger partial charge is 0.309 e. The number of nitrogens with one attached hydrogen (secondary N) is 2. The fourth-order valence-electron chi connectivity index (χ4n) is 1.89. The van der Waals surface area contributed by atoms with E-state index in [2.05, 4.69) is 15.6 Å². The van der Waals surface area contributed by atoms with Gasteiger partial charge in [-0.05, 0) is 28.8 Å². The third-order valence-electron chi connectivity index (χ3n) is 3.09. The van der Waals surface area contributed by atoms with E-state index in [0.29, 0.717) is 6.54 Å². The van der Waals surface area contributed by atoms with E-state index in [1.807, 2.05) is 24.3 Å². The first-order valence-electron chi connectivity index (χ1n) is 6.92. The van der Waals surface area contributed by atoms with Crippen LogP contribution in [0.4, 0.5) is 0 Å². The number of carbonyl (C=O) groups is 2. The van der Waals surface area contributed by atoms with Crippen molar-refractivity contribution >= 4 is 11.8 Å². The largest absolute Gasteiger partial charge is 0.344 e. The van der Waals surface area contributed by atoms with E-state index >= 15 is 0 Å². The average molecular weight is 298 g/mol. The van der Waals surface area contributed by atoms with Gasteiger partial charge in [-0.25, -0.2) is 0 Å². The van der Waals surface area contributed by atoms with Gasteiger partial charge in [0.05, 0.1) is 0 Å². The molecule has 2 amide bonds. The highest BCUT2D eigenvalue weighted by Gasteiger charge is 2.12. The lowest BCUT2D eigenvalue weighted by Crippen LogP contribution is -2.39. The van der Waals surface area contributed by atoms with Gasteiger partial charge < -0.3 is 16.4 Å². The molecular formula is C16H18N4O2. The molecule has 6 heteroatoms. The van der Waals surface area contributed by atoms with Crippen LogP contribution in [0.25, 0.3) is 0 Å². The van der Waals surface area contributed by atoms with Crippen molar-refractivity contribution in [3.05, 3.63) is 65.5 Å². The summed E-state index contributed by atoms with van der Waals surface area (Å²) in [6, 6.07) is 11.1. The van der Waals surface area contributed by atoms with Crippen LogP contribution in [0.1, 0.15) is 16.7 Å². The van der Waals surface area contributed by atoms with Gasteiger partial charge in [0, 0.05) is 32.0 Å². The summed E-state index contributed by atoms with van der Waals surface area (Å²) < 4.78 is 0. The van der Waals surface area contributed by atoms with Gasteiger partial charge in [-0.3, -0.25) is 14.6 Å². The minimum absolute atomic E-state index is 0.287. The van der Waals surface area contributed by atoms with Crippen LogP contribution >= 0.6 is 0 Å². The summed E-state index contributed by atoms with van der Waals surface area (Å²) in [6.07, 6.45) is 3.26. The Kier molecular flexibility index (Phi) is 5.62. The molecule has 0 aliphatic carbocycles. The molecule has 0 saturated heterocycles. The minimum Gasteiger partial charge on any atom is -0.344 e. The number of pyridine rings is 1. The van der Waals surface area contributed by atoms with Crippen LogP contribution in [-0.4, -0.2) is 16.8 Å². The van der Waals surface area contributed by atoms with E-state index < -0.39 is 11.8 Å². The summed E-state index contributed by atoms with van der Waals surface area (Å²) in [7, 11) is 0. The molecule has 1 aromatic carbocycles. The van der Waals surface area contributed by atoms with E-state index in [1.54, 1.807) is 24.5 Å². The molecule has 114 valence electrons. The Morgan fingerprint density at radius 1 is 0.909 bits per heavy atom. The lowest BCUT2D eigenvalue weighted by molar-refractivity contribution is -0.139. The molecule has 0 bridgehead atoms. The molecule has 22 heavy (non-hydrogen) atoms. The second kappa shape index (κ2) is 7.90. The van der Waals surface area contributed by atoms with Gasteiger partial charge in [0.1, 0.15) is 0 Å². The second-order valence-corrected chi connectivity index (χ2v) is 4.74.